The Morgan fingerprint density at radius 3 is 2.76 bits per heavy atom. The van der Waals surface area contributed by atoms with E-state index in [2.05, 4.69) is 48.5 Å². The average Bonchev–Trinajstić information content (AvgIpc) is 3.01. The highest BCUT2D eigenvalue weighted by Crippen LogP contribution is 2.43. The Kier molecular flexibility index (Phi) is 6.42. The molecule has 1 fully saturated rings. The Morgan fingerprint density at radius 1 is 1.18 bits per heavy atom. The first-order valence-corrected chi connectivity index (χ1v) is 11.8. The summed E-state index contributed by atoms with van der Waals surface area (Å²) in [5.74, 6) is 2.26. The quantitative estimate of drug-likeness (QED) is 0.459. The van der Waals surface area contributed by atoms with Gasteiger partial charge in [0.2, 0.25) is 5.88 Å². The van der Waals surface area contributed by atoms with Gasteiger partial charge in [-0.05, 0) is 44.2 Å². The molecule has 0 aliphatic carbocycles. The lowest BCUT2D eigenvalue weighted by Crippen LogP contribution is -2.35. The molecule has 0 radical (unpaired) electrons. The van der Waals surface area contributed by atoms with Gasteiger partial charge in [-0.1, -0.05) is 15.9 Å². The van der Waals surface area contributed by atoms with E-state index in [1.54, 1.807) is 19.2 Å². The maximum Gasteiger partial charge on any atom is 0.248 e. The Balaban J connectivity index is 1.42. The smallest absolute Gasteiger partial charge is 0.248 e. The number of likely N-dealkylation sites (tertiary alicyclic amines) is 1. The lowest BCUT2D eigenvalue weighted by atomic mass is 10.1. The summed E-state index contributed by atoms with van der Waals surface area (Å²) in [6, 6.07) is 8.54. The van der Waals surface area contributed by atoms with Gasteiger partial charge in [0.25, 0.3) is 0 Å². The topological polar surface area (TPSA) is 80.8 Å². The Labute approximate surface area is 205 Å². The van der Waals surface area contributed by atoms with Crippen LogP contribution < -0.4 is 24.8 Å². The number of rotatable bonds is 5. The molecule has 5 rings (SSSR count). The predicted octanol–water partition coefficient (Wildman–Crippen LogP) is 5.32. The van der Waals surface area contributed by atoms with Gasteiger partial charge in [0.05, 0.1) is 12.8 Å². The third-order valence-electron chi connectivity index (χ3n) is 5.96. The minimum atomic E-state index is -0.403. The maximum absolute atomic E-state index is 14.4. The molecule has 2 aromatic carbocycles. The molecule has 10 heteroatoms. The second kappa shape index (κ2) is 9.63. The Bertz CT molecular complexity index is 1200. The largest absolute Gasteiger partial charge is 0.493 e. The summed E-state index contributed by atoms with van der Waals surface area (Å²) in [6.45, 7) is 2.44. The van der Waals surface area contributed by atoms with Crippen LogP contribution in [0.3, 0.4) is 0 Å². The molecule has 8 nitrogen and oxygen atoms in total. The molecule has 0 saturated carbocycles. The molecule has 34 heavy (non-hydrogen) atoms. The van der Waals surface area contributed by atoms with Crippen LogP contribution in [0.4, 0.5) is 21.6 Å². The first-order valence-electron chi connectivity index (χ1n) is 11.0. The number of hydrogen-bond donors (Lipinski definition) is 2. The Morgan fingerprint density at radius 2 is 2.00 bits per heavy atom. The fourth-order valence-corrected chi connectivity index (χ4v) is 4.39. The number of methoxy groups -OCH3 is 1. The first-order chi connectivity index (χ1) is 16.5. The fourth-order valence-electron chi connectivity index (χ4n) is 4.06. The molecule has 0 spiro atoms. The van der Waals surface area contributed by atoms with Crippen LogP contribution in [-0.2, 0) is 6.54 Å². The number of ether oxygens (including phenoxy) is 3. The number of nitrogens with zero attached hydrogens (tertiary/aromatic N) is 3. The van der Waals surface area contributed by atoms with Gasteiger partial charge < -0.3 is 29.7 Å². The van der Waals surface area contributed by atoms with E-state index in [1.165, 1.54) is 12.4 Å². The van der Waals surface area contributed by atoms with Crippen LogP contribution in [0.5, 0.6) is 23.1 Å². The van der Waals surface area contributed by atoms with E-state index in [1.807, 2.05) is 12.1 Å². The van der Waals surface area contributed by atoms with E-state index < -0.39 is 5.82 Å². The number of fused-ring (bicyclic) bond motifs is 2. The second-order valence-electron chi connectivity index (χ2n) is 8.34. The van der Waals surface area contributed by atoms with Crippen LogP contribution in [0.2, 0.25) is 0 Å². The summed E-state index contributed by atoms with van der Waals surface area (Å²) in [5, 5.41) is 6.34. The fraction of sp³-hybridized carbons (Fsp3) is 0.333. The lowest BCUT2D eigenvalue weighted by molar-refractivity contribution is 0.111. The number of halogens is 2. The summed E-state index contributed by atoms with van der Waals surface area (Å²) in [4.78, 5) is 10.9. The molecule has 0 bridgehead atoms. The van der Waals surface area contributed by atoms with Gasteiger partial charge in [-0.15, -0.1) is 0 Å². The van der Waals surface area contributed by atoms with Crippen molar-refractivity contribution in [3.63, 3.8) is 0 Å². The summed E-state index contributed by atoms with van der Waals surface area (Å²) < 4.78 is 33.1. The first kappa shape index (κ1) is 22.7. The van der Waals surface area contributed by atoms with Crippen molar-refractivity contribution in [2.75, 3.05) is 37.9 Å². The molecule has 0 amide bonds. The highest BCUT2D eigenvalue weighted by molar-refractivity contribution is 9.10. The molecule has 1 aromatic heterocycles. The maximum atomic E-state index is 14.4. The molecule has 0 atom stereocenters. The molecule has 1 saturated heterocycles. The van der Waals surface area contributed by atoms with E-state index in [-0.39, 0.29) is 6.10 Å². The number of piperidine rings is 1. The highest BCUT2D eigenvalue weighted by atomic mass is 79.9. The van der Waals surface area contributed by atoms with Crippen molar-refractivity contribution in [3.8, 4) is 23.1 Å². The van der Waals surface area contributed by atoms with Crippen molar-refractivity contribution in [2.45, 2.75) is 25.5 Å². The number of hydrogen-bond acceptors (Lipinski definition) is 8. The summed E-state index contributed by atoms with van der Waals surface area (Å²) in [7, 11) is 3.75. The summed E-state index contributed by atoms with van der Waals surface area (Å²) >= 11 is 3.27. The summed E-state index contributed by atoms with van der Waals surface area (Å²) in [5.41, 5.74) is 1.72. The molecule has 178 valence electrons. The van der Waals surface area contributed by atoms with Crippen molar-refractivity contribution in [1.29, 1.82) is 0 Å². The third-order valence-corrected chi connectivity index (χ3v) is 6.46. The number of aromatic nitrogens is 2. The van der Waals surface area contributed by atoms with Crippen LogP contribution in [0, 0.1) is 5.82 Å². The monoisotopic (exact) mass is 529 g/mol. The van der Waals surface area contributed by atoms with Crippen LogP contribution >= 0.6 is 15.9 Å². The normalized spacial score (nSPS) is 15.9. The standard InChI is InChI=1S/C24H25BrFN5O3/c1-31-7-5-16(6-8-31)33-21-11-19-14(9-20(21)32-2)12-27-22-23(28-13-29-24(22)34-19)30-18-4-3-15(25)10-17(18)26/h3-4,9-11,13,16,27H,5-8,12H2,1-2H3,(H,28,29,30). The van der Waals surface area contributed by atoms with Crippen molar-refractivity contribution >= 4 is 33.1 Å². The zero-order valence-electron chi connectivity index (χ0n) is 18.9. The minimum absolute atomic E-state index is 0.123. The molecule has 2 N–H and O–H groups in total. The molecule has 3 aromatic rings. The van der Waals surface area contributed by atoms with Crippen molar-refractivity contribution in [3.05, 3.63) is 52.5 Å². The van der Waals surface area contributed by atoms with Crippen LogP contribution in [-0.4, -0.2) is 48.2 Å². The van der Waals surface area contributed by atoms with Gasteiger partial charge in [0.15, 0.2) is 17.3 Å². The van der Waals surface area contributed by atoms with E-state index in [4.69, 9.17) is 14.2 Å². The second-order valence-corrected chi connectivity index (χ2v) is 9.25. The zero-order chi connectivity index (χ0) is 23.7. The number of benzene rings is 2. The van der Waals surface area contributed by atoms with E-state index in [0.717, 1.165) is 31.5 Å². The van der Waals surface area contributed by atoms with Gasteiger partial charge in [0, 0.05) is 35.7 Å². The molecular formula is C24H25BrFN5O3. The molecule has 3 heterocycles. The number of anilines is 3. The van der Waals surface area contributed by atoms with Gasteiger partial charge in [-0.25, -0.2) is 9.37 Å². The lowest BCUT2D eigenvalue weighted by Gasteiger charge is -2.29. The van der Waals surface area contributed by atoms with Gasteiger partial charge in [-0.3, -0.25) is 0 Å². The van der Waals surface area contributed by atoms with Crippen LogP contribution in [0.1, 0.15) is 18.4 Å². The number of nitrogens with one attached hydrogen (secondary N) is 2. The van der Waals surface area contributed by atoms with E-state index in [0.29, 0.717) is 51.3 Å². The average molecular weight is 530 g/mol. The zero-order valence-corrected chi connectivity index (χ0v) is 20.5. The highest BCUT2D eigenvalue weighted by Gasteiger charge is 2.25. The molecular weight excluding hydrogens is 505 g/mol. The predicted molar refractivity (Wildman–Crippen MR) is 131 cm³/mol. The molecule has 0 unspecified atom stereocenters. The van der Waals surface area contributed by atoms with E-state index >= 15 is 0 Å². The summed E-state index contributed by atoms with van der Waals surface area (Å²) in [6.07, 6.45) is 3.41. The van der Waals surface area contributed by atoms with Gasteiger partial charge in [0.1, 0.15) is 29.7 Å². The van der Waals surface area contributed by atoms with Gasteiger partial charge in [-0.2, -0.15) is 4.98 Å². The SMILES string of the molecule is COc1cc2c(cc1OC1CCN(C)CC1)Oc1ncnc(Nc3ccc(Br)cc3F)c1NC2. The molecule has 2 aliphatic rings. The van der Waals surface area contributed by atoms with Crippen molar-refractivity contribution < 1.29 is 18.6 Å². The van der Waals surface area contributed by atoms with Crippen LogP contribution in [0.15, 0.2) is 41.1 Å². The van der Waals surface area contributed by atoms with Gasteiger partial charge >= 0.3 is 0 Å². The minimum Gasteiger partial charge on any atom is -0.493 e. The van der Waals surface area contributed by atoms with Crippen LogP contribution in [0.25, 0.3) is 0 Å². The third kappa shape index (κ3) is 4.74. The van der Waals surface area contributed by atoms with E-state index in [9.17, 15) is 4.39 Å². The molecule has 2 aliphatic heterocycles. The Hall–Kier alpha value is -3.11. The van der Waals surface area contributed by atoms with Crippen molar-refractivity contribution in [1.82, 2.24) is 14.9 Å². The van der Waals surface area contributed by atoms with Crippen molar-refractivity contribution in [2.24, 2.45) is 0 Å².